The van der Waals surface area contributed by atoms with E-state index in [1.165, 1.54) is 12.1 Å². The molecule has 0 radical (unpaired) electrons. The Morgan fingerprint density at radius 1 is 1.17 bits per heavy atom. The van der Waals surface area contributed by atoms with Crippen molar-refractivity contribution in [2.45, 2.75) is 19.1 Å². The molecule has 0 aliphatic carbocycles. The third-order valence-corrected chi connectivity index (χ3v) is 3.14. The monoisotopic (exact) mass is 324 g/mol. The normalized spacial score (nSPS) is 12.5. The van der Waals surface area contributed by atoms with E-state index in [9.17, 15) is 18.0 Å². The minimum absolute atomic E-state index is 0.199. The number of amides is 1. The zero-order chi connectivity index (χ0) is 16.9. The number of halogens is 3. The summed E-state index contributed by atoms with van der Waals surface area (Å²) in [5.41, 5.74) is 0.128. The predicted octanol–water partition coefficient (Wildman–Crippen LogP) is 3.36. The number of rotatable bonds is 5. The minimum atomic E-state index is -4.39. The second-order valence-corrected chi connectivity index (χ2v) is 4.88. The summed E-state index contributed by atoms with van der Waals surface area (Å²) in [6.07, 6.45) is -1.15. The number of pyridine rings is 1. The molecular weight excluding hydrogens is 309 g/mol. The van der Waals surface area contributed by atoms with Crippen LogP contribution in [-0.4, -0.2) is 17.5 Å². The summed E-state index contributed by atoms with van der Waals surface area (Å²) in [6, 6.07) is 7.52. The topological polar surface area (TPSA) is 51.2 Å². The number of alkyl halides is 3. The lowest BCUT2D eigenvalue weighted by atomic mass is 10.1. The highest BCUT2D eigenvalue weighted by atomic mass is 19.4. The van der Waals surface area contributed by atoms with Crippen LogP contribution in [0.3, 0.4) is 0 Å². The predicted molar refractivity (Wildman–Crippen MR) is 77.7 cm³/mol. The van der Waals surface area contributed by atoms with Crippen LogP contribution in [0.2, 0.25) is 0 Å². The van der Waals surface area contributed by atoms with Gasteiger partial charge in [0.2, 0.25) is 0 Å². The Morgan fingerprint density at radius 3 is 2.35 bits per heavy atom. The molecule has 0 fully saturated rings. The van der Waals surface area contributed by atoms with Crippen LogP contribution in [-0.2, 0) is 11.0 Å². The van der Waals surface area contributed by atoms with Crippen LogP contribution in [0.4, 0.5) is 13.2 Å². The number of carbonyl (C=O) groups excluding carboxylic acids is 1. The zero-order valence-electron chi connectivity index (χ0n) is 12.3. The van der Waals surface area contributed by atoms with Gasteiger partial charge in [0.25, 0.3) is 5.91 Å². The second kappa shape index (κ2) is 7.13. The molecule has 0 aliphatic rings. The first-order valence-electron chi connectivity index (χ1n) is 6.85. The van der Waals surface area contributed by atoms with E-state index in [0.29, 0.717) is 0 Å². The molecule has 0 saturated carbocycles. The first kappa shape index (κ1) is 16.8. The lowest BCUT2D eigenvalue weighted by molar-refractivity contribution is -0.137. The number of carbonyl (C=O) groups is 1. The molecule has 1 N–H and O–H groups in total. The summed E-state index contributed by atoms with van der Waals surface area (Å²) >= 11 is 0. The molecule has 1 atom stereocenters. The van der Waals surface area contributed by atoms with E-state index >= 15 is 0 Å². The van der Waals surface area contributed by atoms with Gasteiger partial charge in [-0.15, -0.1) is 0 Å². The molecule has 2 rings (SSSR count). The quantitative estimate of drug-likeness (QED) is 0.917. The first-order valence-corrected chi connectivity index (χ1v) is 6.85. The van der Waals surface area contributed by atoms with Crippen molar-refractivity contribution in [2.75, 3.05) is 6.61 Å². The van der Waals surface area contributed by atoms with Crippen molar-refractivity contribution in [2.24, 2.45) is 0 Å². The summed E-state index contributed by atoms with van der Waals surface area (Å²) in [6.45, 7) is 1.53. The third-order valence-electron chi connectivity index (χ3n) is 3.14. The number of ether oxygens (including phenoxy) is 1. The number of nitrogens with zero attached hydrogens (tertiary/aromatic N) is 1. The third kappa shape index (κ3) is 4.98. The highest BCUT2D eigenvalue weighted by Crippen LogP contribution is 2.30. The molecule has 1 aromatic carbocycles. The van der Waals surface area contributed by atoms with Crippen LogP contribution >= 0.6 is 0 Å². The minimum Gasteiger partial charge on any atom is -0.484 e. The highest BCUT2D eigenvalue weighted by molar-refractivity contribution is 5.78. The molecule has 0 bridgehead atoms. The van der Waals surface area contributed by atoms with Crippen molar-refractivity contribution >= 4 is 5.91 Å². The van der Waals surface area contributed by atoms with E-state index in [0.717, 1.165) is 17.7 Å². The van der Waals surface area contributed by atoms with E-state index in [-0.39, 0.29) is 24.3 Å². The molecule has 0 aliphatic heterocycles. The Hall–Kier alpha value is -2.57. The van der Waals surface area contributed by atoms with Gasteiger partial charge in [0, 0.05) is 12.4 Å². The van der Waals surface area contributed by atoms with Gasteiger partial charge in [-0.05, 0) is 48.9 Å². The fourth-order valence-corrected chi connectivity index (χ4v) is 1.91. The lowest BCUT2D eigenvalue weighted by Crippen LogP contribution is -2.31. The van der Waals surface area contributed by atoms with Crippen molar-refractivity contribution in [3.8, 4) is 5.75 Å². The molecule has 1 aromatic heterocycles. The van der Waals surface area contributed by atoms with Gasteiger partial charge in [0.05, 0.1) is 11.6 Å². The molecule has 1 unspecified atom stereocenters. The van der Waals surface area contributed by atoms with Gasteiger partial charge in [-0.3, -0.25) is 9.78 Å². The van der Waals surface area contributed by atoms with Gasteiger partial charge >= 0.3 is 6.18 Å². The van der Waals surface area contributed by atoms with E-state index in [1.54, 1.807) is 24.5 Å². The van der Waals surface area contributed by atoms with Gasteiger partial charge < -0.3 is 10.1 Å². The van der Waals surface area contributed by atoms with Gasteiger partial charge in [-0.1, -0.05) is 0 Å². The number of aromatic nitrogens is 1. The van der Waals surface area contributed by atoms with Gasteiger partial charge in [0.15, 0.2) is 6.61 Å². The average Bonchev–Trinajstić information content (AvgIpc) is 2.53. The highest BCUT2D eigenvalue weighted by Gasteiger charge is 2.30. The van der Waals surface area contributed by atoms with E-state index in [2.05, 4.69) is 10.3 Å². The molecule has 1 heterocycles. The maximum atomic E-state index is 12.4. The largest absolute Gasteiger partial charge is 0.484 e. The summed E-state index contributed by atoms with van der Waals surface area (Å²) in [4.78, 5) is 15.7. The van der Waals surface area contributed by atoms with Crippen molar-refractivity contribution in [1.82, 2.24) is 10.3 Å². The molecular formula is C16H15F3N2O2. The fraction of sp³-hybridized carbons (Fsp3) is 0.250. The Labute approximate surface area is 131 Å². The van der Waals surface area contributed by atoms with Crippen LogP contribution in [0, 0.1) is 0 Å². The van der Waals surface area contributed by atoms with Gasteiger partial charge in [-0.2, -0.15) is 13.2 Å². The van der Waals surface area contributed by atoms with E-state index in [1.807, 2.05) is 6.92 Å². The summed E-state index contributed by atoms with van der Waals surface area (Å²) < 4.78 is 42.5. The molecule has 1 amide bonds. The standard InChI is InChI=1S/C16H15F3N2O2/c1-11(12-6-8-20-9-7-12)21-15(22)10-23-14-4-2-13(3-5-14)16(17,18)19/h2-9,11H,10H2,1H3,(H,21,22). The molecule has 23 heavy (non-hydrogen) atoms. The number of hydrogen-bond donors (Lipinski definition) is 1. The number of hydrogen-bond acceptors (Lipinski definition) is 3. The smallest absolute Gasteiger partial charge is 0.416 e. The second-order valence-electron chi connectivity index (χ2n) is 4.88. The van der Waals surface area contributed by atoms with Gasteiger partial charge in [0.1, 0.15) is 5.75 Å². The Kier molecular flexibility index (Phi) is 5.20. The van der Waals surface area contributed by atoms with Crippen LogP contribution in [0.15, 0.2) is 48.8 Å². The first-order chi connectivity index (χ1) is 10.9. The molecule has 0 spiro atoms. The van der Waals surface area contributed by atoms with Crippen LogP contribution in [0.5, 0.6) is 5.75 Å². The average molecular weight is 324 g/mol. The Bertz CT molecular complexity index is 643. The molecule has 4 nitrogen and oxygen atoms in total. The van der Waals surface area contributed by atoms with Crippen molar-refractivity contribution < 1.29 is 22.7 Å². The molecule has 7 heteroatoms. The Balaban J connectivity index is 1.85. The molecule has 0 saturated heterocycles. The number of nitrogens with one attached hydrogen (secondary N) is 1. The van der Waals surface area contributed by atoms with Crippen molar-refractivity contribution in [3.05, 3.63) is 59.9 Å². The SMILES string of the molecule is CC(NC(=O)COc1ccc(C(F)(F)F)cc1)c1ccncc1. The van der Waals surface area contributed by atoms with Crippen molar-refractivity contribution in [3.63, 3.8) is 0 Å². The maximum Gasteiger partial charge on any atom is 0.416 e. The van der Waals surface area contributed by atoms with E-state index in [4.69, 9.17) is 4.74 Å². The summed E-state index contributed by atoms with van der Waals surface area (Å²) in [7, 11) is 0. The molecule has 2 aromatic rings. The number of benzene rings is 1. The van der Waals surface area contributed by atoms with Crippen molar-refractivity contribution in [1.29, 1.82) is 0 Å². The maximum absolute atomic E-state index is 12.4. The van der Waals surface area contributed by atoms with E-state index < -0.39 is 11.7 Å². The van der Waals surface area contributed by atoms with Crippen LogP contribution in [0.1, 0.15) is 24.1 Å². The fourth-order valence-electron chi connectivity index (χ4n) is 1.91. The van der Waals surface area contributed by atoms with Crippen LogP contribution < -0.4 is 10.1 Å². The zero-order valence-corrected chi connectivity index (χ0v) is 12.3. The van der Waals surface area contributed by atoms with Crippen LogP contribution in [0.25, 0.3) is 0 Å². The van der Waals surface area contributed by atoms with Gasteiger partial charge in [-0.25, -0.2) is 0 Å². The lowest BCUT2D eigenvalue weighted by Gasteiger charge is -2.14. The summed E-state index contributed by atoms with van der Waals surface area (Å²) in [5, 5.41) is 2.73. The molecule has 122 valence electrons. The Morgan fingerprint density at radius 2 is 1.78 bits per heavy atom. The summed E-state index contributed by atoms with van der Waals surface area (Å²) in [5.74, 6) is -0.168.